The van der Waals surface area contributed by atoms with Crippen molar-refractivity contribution in [1.82, 2.24) is 4.90 Å². The highest BCUT2D eigenvalue weighted by Gasteiger charge is 2.36. The molecule has 1 aromatic rings. The highest BCUT2D eigenvalue weighted by Crippen LogP contribution is 2.32. The Morgan fingerprint density at radius 3 is 2.56 bits per heavy atom. The van der Waals surface area contributed by atoms with Gasteiger partial charge in [0, 0.05) is 0 Å². The Bertz CT molecular complexity index is 760. The SMILES string of the molecule is CCCCOC(=O)CN1C(=O)S/C(=C\c2ccc(OCC(N)=O)cc2)C1=O. The van der Waals surface area contributed by atoms with Crippen LogP contribution in [0.3, 0.4) is 0 Å². The van der Waals surface area contributed by atoms with Gasteiger partial charge in [-0.15, -0.1) is 0 Å². The summed E-state index contributed by atoms with van der Waals surface area (Å²) in [6.07, 6.45) is 3.15. The Hall–Kier alpha value is -2.81. The number of ether oxygens (including phenoxy) is 2. The van der Waals surface area contributed by atoms with Gasteiger partial charge in [0.05, 0.1) is 11.5 Å². The number of carbonyl (C=O) groups excluding carboxylic acids is 4. The van der Waals surface area contributed by atoms with Crippen molar-refractivity contribution in [3.8, 4) is 5.75 Å². The number of hydrogen-bond donors (Lipinski definition) is 1. The second-order valence-electron chi connectivity index (χ2n) is 5.67. The summed E-state index contributed by atoms with van der Waals surface area (Å²) in [4.78, 5) is 47.9. The van der Waals surface area contributed by atoms with Crippen molar-refractivity contribution >= 4 is 40.9 Å². The zero-order chi connectivity index (χ0) is 19.8. The van der Waals surface area contributed by atoms with Gasteiger partial charge in [-0.3, -0.25) is 24.1 Å². The Morgan fingerprint density at radius 1 is 1.22 bits per heavy atom. The van der Waals surface area contributed by atoms with E-state index in [4.69, 9.17) is 15.2 Å². The number of carbonyl (C=O) groups is 4. The third-order valence-corrected chi connectivity index (χ3v) is 4.39. The molecule has 0 unspecified atom stereocenters. The quantitative estimate of drug-likeness (QED) is 0.388. The Morgan fingerprint density at radius 2 is 1.93 bits per heavy atom. The number of nitrogens with zero attached hydrogens (tertiary/aromatic N) is 1. The lowest BCUT2D eigenvalue weighted by molar-refractivity contribution is -0.146. The lowest BCUT2D eigenvalue weighted by Gasteiger charge is -2.11. The number of imide groups is 1. The van der Waals surface area contributed by atoms with Crippen LogP contribution in [-0.4, -0.2) is 47.7 Å². The molecule has 27 heavy (non-hydrogen) atoms. The maximum atomic E-state index is 12.4. The average molecular weight is 392 g/mol. The number of rotatable bonds is 9. The molecule has 0 spiro atoms. The number of esters is 1. The topological polar surface area (TPSA) is 116 Å². The molecule has 1 aliphatic rings. The molecule has 9 heteroatoms. The smallest absolute Gasteiger partial charge is 0.326 e. The van der Waals surface area contributed by atoms with Gasteiger partial charge < -0.3 is 15.2 Å². The van der Waals surface area contributed by atoms with Crippen LogP contribution in [0.4, 0.5) is 4.79 Å². The number of primary amides is 1. The molecule has 0 atom stereocenters. The fraction of sp³-hybridized carbons (Fsp3) is 0.333. The van der Waals surface area contributed by atoms with Crippen LogP contribution in [0, 0.1) is 0 Å². The van der Waals surface area contributed by atoms with Crippen molar-refractivity contribution in [2.75, 3.05) is 19.8 Å². The summed E-state index contributed by atoms with van der Waals surface area (Å²) >= 11 is 0.764. The van der Waals surface area contributed by atoms with Crippen LogP contribution in [-0.2, 0) is 19.1 Å². The van der Waals surface area contributed by atoms with Gasteiger partial charge in [-0.25, -0.2) is 0 Å². The Balaban J connectivity index is 1.98. The van der Waals surface area contributed by atoms with E-state index >= 15 is 0 Å². The lowest BCUT2D eigenvalue weighted by Crippen LogP contribution is -2.34. The van der Waals surface area contributed by atoms with Gasteiger partial charge in [0.2, 0.25) is 0 Å². The third kappa shape index (κ3) is 6.14. The lowest BCUT2D eigenvalue weighted by atomic mass is 10.2. The van der Waals surface area contributed by atoms with E-state index in [1.807, 2.05) is 6.92 Å². The van der Waals surface area contributed by atoms with Gasteiger partial charge in [-0.2, -0.15) is 0 Å². The van der Waals surface area contributed by atoms with Gasteiger partial charge >= 0.3 is 5.97 Å². The van der Waals surface area contributed by atoms with E-state index in [0.717, 1.165) is 29.5 Å². The summed E-state index contributed by atoms with van der Waals surface area (Å²) in [6.45, 7) is 1.61. The molecule has 0 aromatic heterocycles. The molecule has 0 aliphatic carbocycles. The van der Waals surface area contributed by atoms with Crippen LogP contribution < -0.4 is 10.5 Å². The number of nitrogens with two attached hydrogens (primary N) is 1. The first kappa shape index (κ1) is 20.5. The molecule has 1 aliphatic heterocycles. The largest absolute Gasteiger partial charge is 0.484 e. The molecule has 1 heterocycles. The summed E-state index contributed by atoms with van der Waals surface area (Å²) in [5.74, 6) is -1.27. The van der Waals surface area contributed by atoms with Crippen molar-refractivity contribution in [3.05, 3.63) is 34.7 Å². The molecule has 0 saturated carbocycles. The number of thioether (sulfide) groups is 1. The molecule has 8 nitrogen and oxygen atoms in total. The van der Waals surface area contributed by atoms with Gasteiger partial charge in [-0.1, -0.05) is 25.5 Å². The second-order valence-corrected chi connectivity index (χ2v) is 6.66. The van der Waals surface area contributed by atoms with Crippen LogP contribution in [0.25, 0.3) is 6.08 Å². The van der Waals surface area contributed by atoms with E-state index in [0.29, 0.717) is 11.3 Å². The Labute approximate surface area is 160 Å². The molecule has 0 bridgehead atoms. The highest BCUT2D eigenvalue weighted by molar-refractivity contribution is 8.18. The van der Waals surface area contributed by atoms with Gasteiger partial charge in [0.15, 0.2) is 6.61 Å². The van der Waals surface area contributed by atoms with E-state index in [9.17, 15) is 19.2 Å². The van der Waals surface area contributed by atoms with Crippen LogP contribution >= 0.6 is 11.8 Å². The molecular formula is C18H20N2O6S. The summed E-state index contributed by atoms with van der Waals surface area (Å²) < 4.78 is 10.1. The molecule has 3 amide bonds. The van der Waals surface area contributed by atoms with Gasteiger partial charge in [0.25, 0.3) is 17.1 Å². The van der Waals surface area contributed by atoms with Crippen molar-refractivity contribution in [2.24, 2.45) is 5.73 Å². The first-order valence-electron chi connectivity index (χ1n) is 8.33. The van der Waals surface area contributed by atoms with Gasteiger partial charge in [0.1, 0.15) is 12.3 Å². The molecule has 2 rings (SSSR count). The Kier molecular flexibility index (Phi) is 7.42. The van der Waals surface area contributed by atoms with Crippen molar-refractivity contribution in [1.29, 1.82) is 0 Å². The summed E-state index contributed by atoms with van der Waals surface area (Å²) in [5.41, 5.74) is 5.67. The monoisotopic (exact) mass is 392 g/mol. The third-order valence-electron chi connectivity index (χ3n) is 3.48. The first-order chi connectivity index (χ1) is 12.9. The minimum Gasteiger partial charge on any atom is -0.484 e. The molecule has 0 radical (unpaired) electrons. The predicted octanol–water partition coefficient (Wildman–Crippen LogP) is 1.93. The van der Waals surface area contributed by atoms with E-state index in [2.05, 4.69) is 0 Å². The first-order valence-corrected chi connectivity index (χ1v) is 9.14. The maximum Gasteiger partial charge on any atom is 0.326 e. The molecular weight excluding hydrogens is 372 g/mol. The molecule has 2 N–H and O–H groups in total. The fourth-order valence-corrected chi connectivity index (χ4v) is 2.95. The standard InChI is InChI=1S/C18H20N2O6S/c1-2-3-8-25-16(22)10-20-17(23)14(27-18(20)24)9-12-4-6-13(7-5-12)26-11-15(19)21/h4-7,9H,2-3,8,10-11H2,1H3,(H2,19,21)/b14-9-. The zero-order valence-corrected chi connectivity index (χ0v) is 15.6. The zero-order valence-electron chi connectivity index (χ0n) is 14.8. The second kappa shape index (κ2) is 9.77. The minimum absolute atomic E-state index is 0.215. The molecule has 1 fully saturated rings. The molecule has 1 saturated heterocycles. The van der Waals surface area contributed by atoms with Crippen LogP contribution in [0.5, 0.6) is 5.75 Å². The van der Waals surface area contributed by atoms with E-state index in [1.54, 1.807) is 30.3 Å². The molecule has 144 valence electrons. The van der Waals surface area contributed by atoms with Crippen LogP contribution in [0.2, 0.25) is 0 Å². The summed E-state index contributed by atoms with van der Waals surface area (Å²) in [7, 11) is 0. The number of hydrogen-bond acceptors (Lipinski definition) is 7. The minimum atomic E-state index is -0.608. The number of benzene rings is 1. The summed E-state index contributed by atoms with van der Waals surface area (Å²) in [6, 6.07) is 6.57. The van der Waals surface area contributed by atoms with Crippen LogP contribution in [0.1, 0.15) is 25.3 Å². The van der Waals surface area contributed by atoms with Crippen molar-refractivity contribution in [2.45, 2.75) is 19.8 Å². The number of amides is 3. The maximum absolute atomic E-state index is 12.4. The summed E-state index contributed by atoms with van der Waals surface area (Å²) in [5, 5.41) is -0.514. The number of unbranched alkanes of at least 4 members (excludes halogenated alkanes) is 1. The van der Waals surface area contributed by atoms with Crippen molar-refractivity contribution < 1.29 is 28.7 Å². The van der Waals surface area contributed by atoms with E-state index in [-0.39, 0.29) is 18.1 Å². The fourth-order valence-electron chi connectivity index (χ4n) is 2.11. The molecule has 1 aromatic carbocycles. The van der Waals surface area contributed by atoms with Crippen LogP contribution in [0.15, 0.2) is 29.2 Å². The average Bonchev–Trinajstić information content (AvgIpc) is 2.89. The van der Waals surface area contributed by atoms with E-state index < -0.39 is 29.6 Å². The predicted molar refractivity (Wildman–Crippen MR) is 99.7 cm³/mol. The van der Waals surface area contributed by atoms with Gasteiger partial charge in [-0.05, 0) is 42.0 Å². The van der Waals surface area contributed by atoms with E-state index in [1.165, 1.54) is 0 Å². The normalized spacial score (nSPS) is 15.3. The highest BCUT2D eigenvalue weighted by atomic mass is 32.2. The van der Waals surface area contributed by atoms with Crippen molar-refractivity contribution in [3.63, 3.8) is 0 Å².